The molecule has 5 heteroatoms. The molecule has 0 bridgehead atoms. The molecule has 2 aromatic carbocycles. The smallest absolute Gasteiger partial charge is 0.123 e. The third kappa shape index (κ3) is 1.89. The first-order valence-electron chi connectivity index (χ1n) is 5.80. The zero-order valence-electron chi connectivity index (χ0n) is 10.7. The van der Waals surface area contributed by atoms with Crippen LogP contribution in [-0.2, 0) is 0 Å². The van der Waals surface area contributed by atoms with E-state index in [0.717, 1.165) is 22.3 Å². The number of benzene rings is 2. The summed E-state index contributed by atoms with van der Waals surface area (Å²) < 4.78 is 10.4. The number of nitrogens with zero attached hydrogens (tertiary/aromatic N) is 2. The van der Waals surface area contributed by atoms with Gasteiger partial charge in [-0.25, -0.2) is 9.97 Å². The number of rotatable bonds is 2. The zero-order chi connectivity index (χ0) is 13.4. The van der Waals surface area contributed by atoms with Crippen LogP contribution in [-0.4, -0.2) is 24.2 Å². The van der Waals surface area contributed by atoms with Gasteiger partial charge in [0.25, 0.3) is 0 Å². The fourth-order valence-corrected chi connectivity index (χ4v) is 2.00. The number of methoxy groups -OCH3 is 2. The van der Waals surface area contributed by atoms with Gasteiger partial charge < -0.3 is 15.2 Å². The largest absolute Gasteiger partial charge is 0.497 e. The highest BCUT2D eigenvalue weighted by Crippen LogP contribution is 2.27. The van der Waals surface area contributed by atoms with Gasteiger partial charge in [-0.05, 0) is 12.1 Å². The molecule has 0 unspecified atom stereocenters. The van der Waals surface area contributed by atoms with Crippen LogP contribution in [0.2, 0.25) is 0 Å². The Morgan fingerprint density at radius 3 is 2.32 bits per heavy atom. The molecule has 3 rings (SSSR count). The second-order valence-electron chi connectivity index (χ2n) is 4.16. The predicted octanol–water partition coefficient (Wildman–Crippen LogP) is 2.38. The van der Waals surface area contributed by atoms with E-state index in [0.29, 0.717) is 17.0 Å². The molecule has 0 radical (unpaired) electrons. The van der Waals surface area contributed by atoms with E-state index in [-0.39, 0.29) is 0 Å². The number of hydrogen-bond acceptors (Lipinski definition) is 5. The molecule has 0 aliphatic heterocycles. The summed E-state index contributed by atoms with van der Waals surface area (Å²) in [5, 5.41) is 0. The molecule has 0 amide bonds. The summed E-state index contributed by atoms with van der Waals surface area (Å²) in [6, 6.07) is 9.12. The van der Waals surface area contributed by atoms with Crippen molar-refractivity contribution in [1.29, 1.82) is 0 Å². The standard InChI is InChI=1S/C14H13N3O2/c1-18-8-3-4-11-12(6-8)17-14-10(15)5-9(19-2)7-13(14)16-11/h3-7H,15H2,1-2H3. The predicted molar refractivity (Wildman–Crippen MR) is 74.6 cm³/mol. The van der Waals surface area contributed by atoms with E-state index in [1.807, 2.05) is 24.3 Å². The molecule has 0 spiro atoms. The molecule has 2 N–H and O–H groups in total. The number of aromatic nitrogens is 2. The van der Waals surface area contributed by atoms with E-state index >= 15 is 0 Å². The van der Waals surface area contributed by atoms with Gasteiger partial charge in [-0.3, -0.25) is 0 Å². The van der Waals surface area contributed by atoms with E-state index in [9.17, 15) is 0 Å². The van der Waals surface area contributed by atoms with Crippen LogP contribution in [0, 0.1) is 0 Å². The van der Waals surface area contributed by atoms with Gasteiger partial charge in [-0.2, -0.15) is 0 Å². The molecule has 19 heavy (non-hydrogen) atoms. The lowest BCUT2D eigenvalue weighted by Gasteiger charge is -2.07. The molecule has 5 nitrogen and oxygen atoms in total. The van der Waals surface area contributed by atoms with E-state index in [4.69, 9.17) is 15.2 Å². The number of nitrogen functional groups attached to an aromatic ring is 1. The minimum Gasteiger partial charge on any atom is -0.497 e. The van der Waals surface area contributed by atoms with Crippen LogP contribution >= 0.6 is 0 Å². The van der Waals surface area contributed by atoms with Crippen LogP contribution in [0.3, 0.4) is 0 Å². The summed E-state index contributed by atoms with van der Waals surface area (Å²) in [7, 11) is 3.22. The van der Waals surface area contributed by atoms with Crippen molar-refractivity contribution in [2.45, 2.75) is 0 Å². The number of ether oxygens (including phenoxy) is 2. The van der Waals surface area contributed by atoms with E-state index in [1.54, 1.807) is 20.3 Å². The van der Waals surface area contributed by atoms with Crippen LogP contribution in [0.25, 0.3) is 22.1 Å². The number of fused-ring (bicyclic) bond motifs is 2. The molecule has 3 aromatic rings. The summed E-state index contributed by atoms with van der Waals surface area (Å²) in [6.45, 7) is 0. The molecule has 0 fully saturated rings. The van der Waals surface area contributed by atoms with Crippen molar-refractivity contribution < 1.29 is 9.47 Å². The molecular formula is C14H13N3O2. The van der Waals surface area contributed by atoms with Crippen molar-refractivity contribution >= 4 is 27.8 Å². The molecule has 0 aliphatic carbocycles. The third-order valence-corrected chi connectivity index (χ3v) is 2.98. The highest BCUT2D eigenvalue weighted by Gasteiger charge is 2.07. The maximum atomic E-state index is 5.98. The average molecular weight is 255 g/mol. The zero-order valence-corrected chi connectivity index (χ0v) is 10.7. The Kier molecular flexibility index (Phi) is 2.59. The average Bonchev–Trinajstić information content (AvgIpc) is 2.44. The molecule has 0 atom stereocenters. The summed E-state index contributed by atoms with van der Waals surface area (Å²) in [6.07, 6.45) is 0. The van der Waals surface area contributed by atoms with Gasteiger partial charge in [-0.15, -0.1) is 0 Å². The van der Waals surface area contributed by atoms with E-state index < -0.39 is 0 Å². The van der Waals surface area contributed by atoms with Gasteiger partial charge in [0.15, 0.2) is 0 Å². The Bertz CT molecular complexity index is 771. The Hall–Kier alpha value is -2.56. The van der Waals surface area contributed by atoms with Gasteiger partial charge in [0.05, 0.1) is 36.5 Å². The van der Waals surface area contributed by atoms with Crippen LogP contribution in [0.4, 0.5) is 5.69 Å². The number of nitrogens with two attached hydrogens (primary N) is 1. The highest BCUT2D eigenvalue weighted by molar-refractivity contribution is 5.94. The van der Waals surface area contributed by atoms with Crippen LogP contribution in [0.1, 0.15) is 0 Å². The minimum absolute atomic E-state index is 0.548. The lowest BCUT2D eigenvalue weighted by Crippen LogP contribution is -1.95. The fourth-order valence-electron chi connectivity index (χ4n) is 2.00. The third-order valence-electron chi connectivity index (χ3n) is 2.98. The molecule has 0 aliphatic rings. The van der Waals surface area contributed by atoms with Gasteiger partial charge in [0, 0.05) is 18.2 Å². The lowest BCUT2D eigenvalue weighted by molar-refractivity contribution is 0.415. The molecule has 0 saturated heterocycles. The normalized spacial score (nSPS) is 10.8. The molecule has 0 saturated carbocycles. The van der Waals surface area contributed by atoms with Gasteiger partial charge in [0.1, 0.15) is 17.0 Å². The summed E-state index contributed by atoms with van der Waals surface area (Å²) in [5.74, 6) is 1.42. The number of anilines is 1. The Morgan fingerprint density at radius 2 is 1.58 bits per heavy atom. The molecule has 1 heterocycles. The SMILES string of the molecule is COc1ccc2nc3cc(OC)cc(N)c3nc2c1. The maximum absolute atomic E-state index is 5.98. The van der Waals surface area contributed by atoms with Crippen LogP contribution < -0.4 is 15.2 Å². The second kappa shape index (κ2) is 4.28. The first-order chi connectivity index (χ1) is 9.21. The van der Waals surface area contributed by atoms with Crippen molar-refractivity contribution in [3.8, 4) is 11.5 Å². The fraction of sp³-hybridized carbons (Fsp3) is 0.143. The van der Waals surface area contributed by atoms with Crippen molar-refractivity contribution in [2.75, 3.05) is 20.0 Å². The Morgan fingerprint density at radius 1 is 0.842 bits per heavy atom. The van der Waals surface area contributed by atoms with Crippen molar-refractivity contribution in [2.24, 2.45) is 0 Å². The van der Waals surface area contributed by atoms with Crippen molar-refractivity contribution in [1.82, 2.24) is 9.97 Å². The molecular weight excluding hydrogens is 242 g/mol. The van der Waals surface area contributed by atoms with Gasteiger partial charge in [-0.1, -0.05) is 0 Å². The minimum atomic E-state index is 0.548. The summed E-state index contributed by atoms with van der Waals surface area (Å²) >= 11 is 0. The maximum Gasteiger partial charge on any atom is 0.123 e. The van der Waals surface area contributed by atoms with E-state index in [1.165, 1.54) is 0 Å². The second-order valence-corrected chi connectivity index (χ2v) is 4.16. The monoisotopic (exact) mass is 255 g/mol. The quantitative estimate of drug-likeness (QED) is 0.562. The van der Waals surface area contributed by atoms with Gasteiger partial charge >= 0.3 is 0 Å². The number of hydrogen-bond donors (Lipinski definition) is 1. The van der Waals surface area contributed by atoms with Crippen molar-refractivity contribution in [3.63, 3.8) is 0 Å². The highest BCUT2D eigenvalue weighted by atomic mass is 16.5. The Balaban J connectivity index is 2.34. The van der Waals surface area contributed by atoms with Crippen molar-refractivity contribution in [3.05, 3.63) is 30.3 Å². The molecule has 96 valence electrons. The van der Waals surface area contributed by atoms with Gasteiger partial charge in [0.2, 0.25) is 0 Å². The summed E-state index contributed by atoms with van der Waals surface area (Å²) in [5.41, 5.74) is 9.46. The van der Waals surface area contributed by atoms with Crippen LogP contribution in [0.5, 0.6) is 11.5 Å². The first-order valence-corrected chi connectivity index (χ1v) is 5.80. The molecule has 1 aromatic heterocycles. The first kappa shape index (κ1) is 11.5. The Labute approximate surface area is 110 Å². The van der Waals surface area contributed by atoms with E-state index in [2.05, 4.69) is 9.97 Å². The summed E-state index contributed by atoms with van der Waals surface area (Å²) in [4.78, 5) is 9.08. The topological polar surface area (TPSA) is 70.3 Å². The van der Waals surface area contributed by atoms with Crippen LogP contribution in [0.15, 0.2) is 30.3 Å². The lowest BCUT2D eigenvalue weighted by atomic mass is 10.2.